The van der Waals surface area contributed by atoms with Gasteiger partial charge >= 0.3 is 6.18 Å². The fourth-order valence-electron chi connectivity index (χ4n) is 3.15. The maximum absolute atomic E-state index is 13.0. The number of nitrogens with one attached hydrogen (secondary N) is 1. The molecule has 0 aliphatic heterocycles. The van der Waals surface area contributed by atoms with Crippen molar-refractivity contribution in [2.24, 2.45) is 0 Å². The molecule has 0 spiro atoms. The Kier molecular flexibility index (Phi) is 6.06. The molecule has 1 N–H and O–H groups in total. The normalized spacial score (nSPS) is 13.2. The Labute approximate surface area is 177 Å². The minimum absolute atomic E-state index is 0.00715. The van der Waals surface area contributed by atoms with Gasteiger partial charge in [0.1, 0.15) is 0 Å². The van der Waals surface area contributed by atoms with Crippen molar-refractivity contribution >= 4 is 15.8 Å². The summed E-state index contributed by atoms with van der Waals surface area (Å²) in [5.41, 5.74) is 0.825. The molecule has 10 heteroatoms. The lowest BCUT2D eigenvalue weighted by atomic mass is 10.1. The van der Waals surface area contributed by atoms with Gasteiger partial charge in [0.05, 0.1) is 22.3 Å². The fourth-order valence-corrected chi connectivity index (χ4v) is 4.38. The van der Waals surface area contributed by atoms with Crippen LogP contribution in [-0.2, 0) is 16.2 Å². The molecule has 164 valence electrons. The summed E-state index contributed by atoms with van der Waals surface area (Å²) in [6.45, 7) is 4.64. The van der Waals surface area contributed by atoms with E-state index in [4.69, 9.17) is 0 Å². The Bertz CT molecular complexity index is 1220. The molecule has 3 aromatic rings. The fraction of sp³-hybridized carbons (Fsp3) is 0.238. The lowest BCUT2D eigenvalue weighted by Gasteiger charge is -2.15. The van der Waals surface area contributed by atoms with E-state index >= 15 is 0 Å². The van der Waals surface area contributed by atoms with Crippen LogP contribution in [0.15, 0.2) is 59.6 Å². The zero-order valence-electron chi connectivity index (χ0n) is 16.9. The van der Waals surface area contributed by atoms with E-state index in [-0.39, 0.29) is 16.4 Å². The van der Waals surface area contributed by atoms with Crippen molar-refractivity contribution in [3.63, 3.8) is 0 Å². The van der Waals surface area contributed by atoms with Gasteiger partial charge in [-0.15, -0.1) is 0 Å². The van der Waals surface area contributed by atoms with E-state index < -0.39 is 27.8 Å². The smallest absolute Gasteiger partial charge is 0.295 e. The van der Waals surface area contributed by atoms with Crippen LogP contribution in [0.1, 0.15) is 47.1 Å². The summed E-state index contributed by atoms with van der Waals surface area (Å²) in [6, 6.07) is 9.57. The number of nitrogens with zero attached hydrogens (tertiary/aromatic N) is 2. The van der Waals surface area contributed by atoms with E-state index in [0.717, 1.165) is 12.1 Å². The molecule has 0 saturated heterocycles. The third-order valence-electron chi connectivity index (χ3n) is 4.84. The molecular formula is C21H20F3N3O3S. The number of carbonyl (C=O) groups is 1. The van der Waals surface area contributed by atoms with Gasteiger partial charge in [0.25, 0.3) is 0 Å². The van der Waals surface area contributed by atoms with Gasteiger partial charge in [-0.2, -0.15) is 18.3 Å². The molecule has 0 amide bonds. The molecular weight excluding hydrogens is 431 g/mol. The Morgan fingerprint density at radius 2 is 1.77 bits per heavy atom. The topological polar surface area (TPSA) is 81.1 Å². The maximum Gasteiger partial charge on any atom is 0.416 e. The molecule has 1 atom stereocenters. The van der Waals surface area contributed by atoms with Crippen molar-refractivity contribution in [2.45, 2.75) is 37.9 Å². The SMILES string of the molecule is CC(=O)c1ccc(S(=O)(=O)N[C@@H](C)c2cnn(-c3cccc(C(F)(F)F)c3)c2C)cc1. The number of ketones is 1. The van der Waals surface area contributed by atoms with Gasteiger partial charge in [0.15, 0.2) is 5.78 Å². The number of hydrogen-bond donors (Lipinski definition) is 1. The Balaban J connectivity index is 1.86. The number of benzene rings is 2. The molecule has 0 saturated carbocycles. The minimum Gasteiger partial charge on any atom is -0.295 e. The highest BCUT2D eigenvalue weighted by Gasteiger charge is 2.31. The van der Waals surface area contributed by atoms with E-state index in [1.54, 1.807) is 13.8 Å². The highest BCUT2D eigenvalue weighted by Crippen LogP contribution is 2.31. The first kappa shape index (κ1) is 22.7. The van der Waals surface area contributed by atoms with Crippen molar-refractivity contribution < 1.29 is 26.4 Å². The molecule has 0 bridgehead atoms. The first-order valence-electron chi connectivity index (χ1n) is 9.25. The van der Waals surface area contributed by atoms with Gasteiger partial charge in [-0.25, -0.2) is 17.8 Å². The summed E-state index contributed by atoms with van der Waals surface area (Å²) in [6.07, 6.45) is -3.07. The number of Topliss-reactive ketones (excluding diaryl/α,β-unsaturated/α-hetero) is 1. The number of halogens is 3. The highest BCUT2D eigenvalue weighted by molar-refractivity contribution is 7.89. The number of hydrogen-bond acceptors (Lipinski definition) is 4. The summed E-state index contributed by atoms with van der Waals surface area (Å²) >= 11 is 0. The van der Waals surface area contributed by atoms with Gasteiger partial charge in [0.2, 0.25) is 10.0 Å². The molecule has 0 radical (unpaired) electrons. The number of rotatable bonds is 6. The van der Waals surface area contributed by atoms with Crippen LogP contribution in [-0.4, -0.2) is 24.0 Å². The van der Waals surface area contributed by atoms with Crippen LogP contribution in [0, 0.1) is 6.92 Å². The van der Waals surface area contributed by atoms with Crippen molar-refractivity contribution in [2.75, 3.05) is 0 Å². The Hall–Kier alpha value is -2.98. The molecule has 0 unspecified atom stereocenters. The van der Waals surface area contributed by atoms with Gasteiger partial charge < -0.3 is 0 Å². The minimum atomic E-state index is -4.49. The number of carbonyl (C=O) groups excluding carboxylic acids is 1. The van der Waals surface area contributed by atoms with E-state index in [1.165, 1.54) is 54.2 Å². The molecule has 0 aliphatic rings. The molecule has 2 aromatic carbocycles. The van der Waals surface area contributed by atoms with Gasteiger partial charge in [-0.3, -0.25) is 4.79 Å². The second-order valence-corrected chi connectivity index (χ2v) is 8.78. The Morgan fingerprint density at radius 1 is 1.13 bits per heavy atom. The average molecular weight is 451 g/mol. The summed E-state index contributed by atoms with van der Waals surface area (Å²) in [5.74, 6) is -0.178. The molecule has 3 rings (SSSR count). The van der Waals surface area contributed by atoms with Crippen LogP contribution in [0.4, 0.5) is 13.2 Å². The molecule has 0 aliphatic carbocycles. The largest absolute Gasteiger partial charge is 0.416 e. The second-order valence-electron chi connectivity index (χ2n) is 7.07. The van der Waals surface area contributed by atoms with E-state index in [0.29, 0.717) is 16.8 Å². The molecule has 1 aromatic heterocycles. The quantitative estimate of drug-likeness (QED) is 0.562. The summed E-state index contributed by atoms with van der Waals surface area (Å²) in [5, 5.41) is 4.14. The van der Waals surface area contributed by atoms with E-state index in [9.17, 15) is 26.4 Å². The van der Waals surface area contributed by atoms with Crippen LogP contribution < -0.4 is 4.72 Å². The van der Waals surface area contributed by atoms with Crippen molar-refractivity contribution in [1.82, 2.24) is 14.5 Å². The van der Waals surface area contributed by atoms with E-state index in [2.05, 4.69) is 9.82 Å². The van der Waals surface area contributed by atoms with Crippen LogP contribution in [0.2, 0.25) is 0 Å². The number of aromatic nitrogens is 2. The predicted octanol–water partition coefficient (Wildman–Crippen LogP) is 4.44. The van der Waals surface area contributed by atoms with Crippen molar-refractivity contribution in [1.29, 1.82) is 0 Å². The zero-order chi connectivity index (χ0) is 23.0. The predicted molar refractivity (Wildman–Crippen MR) is 108 cm³/mol. The standard InChI is InChI=1S/C21H20F3N3O3S/c1-13(26-31(29,30)19-9-7-16(8-10-19)15(3)28)20-12-25-27(14(20)2)18-6-4-5-17(11-18)21(22,23)24/h4-13,26H,1-3H3/t13-/m0/s1. The van der Waals surface area contributed by atoms with Crippen LogP contribution in [0.25, 0.3) is 5.69 Å². The lowest BCUT2D eigenvalue weighted by Crippen LogP contribution is -2.27. The Morgan fingerprint density at radius 3 is 2.35 bits per heavy atom. The zero-order valence-corrected chi connectivity index (χ0v) is 17.8. The highest BCUT2D eigenvalue weighted by atomic mass is 32.2. The summed E-state index contributed by atoms with van der Waals surface area (Å²) in [4.78, 5) is 11.4. The first-order chi connectivity index (χ1) is 14.4. The van der Waals surface area contributed by atoms with Gasteiger partial charge in [0, 0.05) is 22.9 Å². The maximum atomic E-state index is 13.0. The molecule has 0 fully saturated rings. The average Bonchev–Trinajstić information content (AvgIpc) is 3.08. The third-order valence-corrected chi connectivity index (χ3v) is 6.39. The summed E-state index contributed by atoms with van der Waals surface area (Å²) in [7, 11) is -3.90. The summed E-state index contributed by atoms with van der Waals surface area (Å²) < 4.78 is 68.3. The monoisotopic (exact) mass is 451 g/mol. The van der Waals surface area contributed by atoms with Crippen LogP contribution >= 0.6 is 0 Å². The van der Waals surface area contributed by atoms with Gasteiger partial charge in [-0.1, -0.05) is 18.2 Å². The van der Waals surface area contributed by atoms with Gasteiger partial charge in [-0.05, 0) is 51.1 Å². The second kappa shape index (κ2) is 8.27. The van der Waals surface area contributed by atoms with Crippen LogP contribution in [0.5, 0.6) is 0 Å². The van der Waals surface area contributed by atoms with Crippen LogP contribution in [0.3, 0.4) is 0 Å². The van der Waals surface area contributed by atoms with E-state index in [1.807, 2.05) is 0 Å². The van der Waals surface area contributed by atoms with Crippen molar-refractivity contribution in [3.8, 4) is 5.69 Å². The molecule has 6 nitrogen and oxygen atoms in total. The first-order valence-corrected chi connectivity index (χ1v) is 10.7. The molecule has 31 heavy (non-hydrogen) atoms. The van der Waals surface area contributed by atoms with Crippen molar-refractivity contribution in [3.05, 3.63) is 77.1 Å². The number of alkyl halides is 3. The number of sulfonamides is 1. The third kappa shape index (κ3) is 4.86. The molecule has 1 heterocycles. The lowest BCUT2D eigenvalue weighted by molar-refractivity contribution is -0.137.